The van der Waals surface area contributed by atoms with E-state index in [-0.39, 0.29) is 15.6 Å². The van der Waals surface area contributed by atoms with Gasteiger partial charge in [0.2, 0.25) is 0 Å². The minimum absolute atomic E-state index is 0.0470. The van der Waals surface area contributed by atoms with Gasteiger partial charge in [0, 0.05) is 11.6 Å². The predicted molar refractivity (Wildman–Crippen MR) is 122 cm³/mol. The monoisotopic (exact) mass is 496 g/mol. The van der Waals surface area contributed by atoms with Gasteiger partial charge in [0.05, 0.1) is 33.2 Å². The molecule has 1 unspecified atom stereocenters. The molecular weight excluding hydrogens is 483 g/mol. The lowest BCUT2D eigenvalue weighted by atomic mass is 10.1. The molecule has 0 radical (unpaired) electrons. The minimum Gasteiger partial charge on any atom is -0.506 e. The Morgan fingerprint density at radius 1 is 1.19 bits per heavy atom. The molecule has 0 aliphatic heterocycles. The van der Waals surface area contributed by atoms with Gasteiger partial charge in [0.15, 0.2) is 4.88 Å². The number of aromatic hydroxyl groups is 1. The van der Waals surface area contributed by atoms with Gasteiger partial charge in [0.1, 0.15) is 28.9 Å². The Morgan fingerprint density at radius 2 is 1.94 bits per heavy atom. The first-order valence-electron chi connectivity index (χ1n) is 8.98. The van der Waals surface area contributed by atoms with Crippen LogP contribution in [-0.4, -0.2) is 27.7 Å². The zero-order valence-corrected chi connectivity index (χ0v) is 19.3. The van der Waals surface area contributed by atoms with E-state index in [2.05, 4.69) is 4.98 Å². The van der Waals surface area contributed by atoms with Crippen molar-refractivity contribution < 1.29 is 19.4 Å². The molecule has 0 bridgehead atoms. The lowest BCUT2D eigenvalue weighted by Gasteiger charge is -2.16. The Morgan fingerprint density at radius 3 is 2.68 bits per heavy atom. The summed E-state index contributed by atoms with van der Waals surface area (Å²) in [6, 6.07) is 10.00. The van der Waals surface area contributed by atoms with Crippen molar-refractivity contribution in [1.82, 2.24) is 9.55 Å². The van der Waals surface area contributed by atoms with E-state index in [9.17, 15) is 9.90 Å². The number of aromatic nitrogens is 2. The highest BCUT2D eigenvalue weighted by Crippen LogP contribution is 2.39. The molecule has 6 nitrogen and oxygen atoms in total. The van der Waals surface area contributed by atoms with E-state index in [1.54, 1.807) is 48.1 Å². The second kappa shape index (κ2) is 8.59. The van der Waals surface area contributed by atoms with Crippen LogP contribution in [0.5, 0.6) is 11.5 Å². The molecule has 0 spiro atoms. The van der Waals surface area contributed by atoms with Gasteiger partial charge in [-0.15, -0.1) is 11.3 Å². The van der Waals surface area contributed by atoms with E-state index in [0.717, 1.165) is 5.52 Å². The minimum atomic E-state index is -0.543. The molecule has 31 heavy (non-hydrogen) atoms. The Labute approximate surface area is 196 Å². The third-order valence-corrected chi connectivity index (χ3v) is 6.86. The van der Waals surface area contributed by atoms with Gasteiger partial charge < -0.3 is 14.6 Å². The van der Waals surface area contributed by atoms with Crippen molar-refractivity contribution >= 4 is 63.1 Å². The van der Waals surface area contributed by atoms with Crippen LogP contribution in [0.1, 0.15) is 28.3 Å². The number of hydrogen-bond acceptors (Lipinski definition) is 6. The first-order valence-corrected chi connectivity index (χ1v) is 10.9. The summed E-state index contributed by atoms with van der Waals surface area (Å²) in [5.74, 6) is -0.263. The molecule has 0 fully saturated rings. The molecule has 4 rings (SSSR count). The average molecular weight is 498 g/mol. The molecule has 160 valence electrons. The molecule has 10 heteroatoms. The van der Waals surface area contributed by atoms with Gasteiger partial charge in [-0.2, -0.15) is 0 Å². The van der Waals surface area contributed by atoms with Crippen LogP contribution >= 0.6 is 46.1 Å². The van der Waals surface area contributed by atoms with E-state index in [1.165, 1.54) is 24.5 Å². The normalized spacial score (nSPS) is 12.2. The quantitative estimate of drug-likeness (QED) is 0.311. The number of phenols is 1. The van der Waals surface area contributed by atoms with Crippen LogP contribution in [0.15, 0.2) is 42.7 Å². The number of thiophene rings is 1. The number of hydrogen-bond donors (Lipinski definition) is 1. The highest BCUT2D eigenvalue weighted by atomic mass is 35.5. The number of fused-ring (bicyclic) bond motifs is 1. The van der Waals surface area contributed by atoms with Gasteiger partial charge in [0.25, 0.3) is 0 Å². The van der Waals surface area contributed by atoms with Crippen molar-refractivity contribution in [3.05, 3.63) is 68.2 Å². The van der Waals surface area contributed by atoms with E-state index in [0.29, 0.717) is 31.9 Å². The molecule has 1 atom stereocenters. The number of ether oxygens (including phenoxy) is 2. The summed E-state index contributed by atoms with van der Waals surface area (Å²) in [6.45, 7) is 1.77. The fourth-order valence-electron chi connectivity index (χ4n) is 3.09. The number of imidazole rings is 1. The largest absolute Gasteiger partial charge is 0.506 e. The molecule has 0 aliphatic carbocycles. The standard InChI is InChI=1S/C21H15Cl3N2O4S/c1-10(11-4-3-5-16(27)19(11)24)30-17-8-18(31-20(17)21(28)29-2)26-9-25-14-6-12(22)13(23)7-15(14)26/h3-10,27H,1-2H3. The molecule has 0 saturated heterocycles. The van der Waals surface area contributed by atoms with Crippen molar-refractivity contribution in [2.45, 2.75) is 13.0 Å². The molecule has 0 saturated carbocycles. The maximum absolute atomic E-state index is 12.4. The molecule has 4 aromatic rings. The first kappa shape index (κ1) is 21.8. The Bertz CT molecular complexity index is 1300. The molecule has 0 amide bonds. The van der Waals surface area contributed by atoms with Crippen molar-refractivity contribution in [2.24, 2.45) is 0 Å². The first-order chi connectivity index (χ1) is 14.8. The summed E-state index contributed by atoms with van der Waals surface area (Å²) >= 11 is 19.7. The number of methoxy groups -OCH3 is 1. The van der Waals surface area contributed by atoms with Crippen LogP contribution in [0.3, 0.4) is 0 Å². The van der Waals surface area contributed by atoms with E-state index in [1.807, 2.05) is 0 Å². The predicted octanol–water partition coefficient (Wildman–Crippen LogP) is 6.68. The number of carbonyl (C=O) groups is 1. The number of carbonyl (C=O) groups excluding carboxylic acids is 1. The van der Waals surface area contributed by atoms with Crippen LogP contribution in [-0.2, 0) is 4.74 Å². The Balaban J connectivity index is 1.77. The van der Waals surface area contributed by atoms with Crippen LogP contribution in [0.25, 0.3) is 16.0 Å². The second-order valence-corrected chi connectivity index (χ2v) is 8.80. The number of nitrogens with zero attached hydrogens (tertiary/aromatic N) is 2. The van der Waals surface area contributed by atoms with E-state index < -0.39 is 12.1 Å². The Hall–Kier alpha value is -2.45. The number of rotatable bonds is 5. The number of halogens is 3. The van der Waals surface area contributed by atoms with Gasteiger partial charge >= 0.3 is 5.97 Å². The van der Waals surface area contributed by atoms with Crippen LogP contribution in [0.2, 0.25) is 15.1 Å². The highest BCUT2D eigenvalue weighted by molar-refractivity contribution is 7.16. The number of phenolic OH excluding ortho intramolecular Hbond substituents is 1. The molecule has 2 aromatic heterocycles. The maximum Gasteiger partial charge on any atom is 0.351 e. The zero-order valence-electron chi connectivity index (χ0n) is 16.2. The van der Waals surface area contributed by atoms with Crippen LogP contribution in [0.4, 0.5) is 0 Å². The van der Waals surface area contributed by atoms with Crippen molar-refractivity contribution in [2.75, 3.05) is 7.11 Å². The smallest absolute Gasteiger partial charge is 0.351 e. The number of esters is 1. The average Bonchev–Trinajstić information content (AvgIpc) is 3.33. The van der Waals surface area contributed by atoms with Gasteiger partial charge in [-0.25, -0.2) is 9.78 Å². The molecule has 2 heterocycles. The van der Waals surface area contributed by atoms with E-state index >= 15 is 0 Å². The lowest BCUT2D eigenvalue weighted by Crippen LogP contribution is -2.07. The fraction of sp³-hybridized carbons (Fsp3) is 0.143. The molecule has 0 aliphatic rings. The Kier molecular flexibility index (Phi) is 6.03. The van der Waals surface area contributed by atoms with Gasteiger partial charge in [-0.3, -0.25) is 4.57 Å². The topological polar surface area (TPSA) is 73.6 Å². The van der Waals surface area contributed by atoms with E-state index in [4.69, 9.17) is 44.3 Å². The second-order valence-electron chi connectivity index (χ2n) is 6.58. The zero-order chi connectivity index (χ0) is 22.3. The summed E-state index contributed by atoms with van der Waals surface area (Å²) in [4.78, 5) is 17.0. The summed E-state index contributed by atoms with van der Waals surface area (Å²) in [7, 11) is 1.30. The summed E-state index contributed by atoms with van der Waals surface area (Å²) in [5, 5.41) is 11.5. The summed E-state index contributed by atoms with van der Waals surface area (Å²) in [6.07, 6.45) is 1.07. The molecule has 2 aromatic carbocycles. The lowest BCUT2D eigenvalue weighted by molar-refractivity contribution is 0.0600. The summed E-state index contributed by atoms with van der Waals surface area (Å²) < 4.78 is 12.8. The third-order valence-electron chi connectivity index (χ3n) is 4.63. The maximum atomic E-state index is 12.4. The molecule has 1 N–H and O–H groups in total. The highest BCUT2D eigenvalue weighted by Gasteiger charge is 2.23. The molecular formula is C21H15Cl3N2O4S. The van der Waals surface area contributed by atoms with Gasteiger partial charge in [-0.1, -0.05) is 46.9 Å². The number of benzene rings is 2. The third kappa shape index (κ3) is 4.06. The fourth-order valence-corrected chi connectivity index (χ4v) is 4.68. The van der Waals surface area contributed by atoms with Crippen LogP contribution < -0.4 is 4.74 Å². The van der Waals surface area contributed by atoms with Crippen LogP contribution in [0, 0.1) is 0 Å². The van der Waals surface area contributed by atoms with Crippen molar-refractivity contribution in [1.29, 1.82) is 0 Å². The van der Waals surface area contributed by atoms with Crippen molar-refractivity contribution in [3.63, 3.8) is 0 Å². The summed E-state index contributed by atoms with van der Waals surface area (Å²) in [5.41, 5.74) is 1.97. The van der Waals surface area contributed by atoms with Gasteiger partial charge in [-0.05, 0) is 25.1 Å². The SMILES string of the molecule is COC(=O)c1sc(-n2cnc3cc(Cl)c(Cl)cc32)cc1OC(C)c1cccc(O)c1Cl. The van der Waals surface area contributed by atoms with Crippen molar-refractivity contribution in [3.8, 4) is 16.5 Å².